The Morgan fingerprint density at radius 3 is 2.34 bits per heavy atom. The summed E-state index contributed by atoms with van der Waals surface area (Å²) in [6.45, 7) is 5.53. The smallest absolute Gasteiger partial charge is 0.344 e. The average Bonchev–Trinajstić information content (AvgIpc) is 2.77. The molecule has 0 saturated carbocycles. The Hall–Kier alpha value is -3.86. The van der Waals surface area contributed by atoms with E-state index in [1.165, 1.54) is 0 Å². The van der Waals surface area contributed by atoms with Crippen molar-refractivity contribution in [2.75, 3.05) is 6.61 Å². The molecule has 0 fully saturated rings. The zero-order chi connectivity index (χ0) is 22.7. The fourth-order valence-electron chi connectivity index (χ4n) is 3.61. The van der Waals surface area contributed by atoms with Crippen LogP contribution in [0.5, 0.6) is 5.75 Å². The summed E-state index contributed by atoms with van der Waals surface area (Å²) in [6.07, 6.45) is 0. The van der Waals surface area contributed by atoms with Crippen molar-refractivity contribution in [1.29, 1.82) is 0 Å². The number of carbonyl (C=O) groups excluding carboxylic acids is 1. The van der Waals surface area contributed by atoms with E-state index in [0.717, 1.165) is 22.3 Å². The van der Waals surface area contributed by atoms with Crippen LogP contribution in [0.3, 0.4) is 0 Å². The molecule has 0 bridgehead atoms. The van der Waals surface area contributed by atoms with Gasteiger partial charge in [-0.3, -0.25) is 4.79 Å². The van der Waals surface area contributed by atoms with E-state index >= 15 is 0 Å². The van der Waals surface area contributed by atoms with E-state index in [0.29, 0.717) is 22.3 Å². The lowest BCUT2D eigenvalue weighted by Crippen LogP contribution is -2.19. The standard InChI is InChI=1S/C27H24O5/c1-17-9-11-21(12-10-17)26-27(25(29)24-19(3)13-18(2)14-22(24)32-26)31-16-23(28)30-15-20-7-5-4-6-8-20/h4-14H,15-16H2,1-3H3. The summed E-state index contributed by atoms with van der Waals surface area (Å²) in [5, 5.41) is 0.444. The Morgan fingerprint density at radius 2 is 1.62 bits per heavy atom. The number of rotatable bonds is 6. The quantitative estimate of drug-likeness (QED) is 0.379. The summed E-state index contributed by atoms with van der Waals surface area (Å²) in [5.41, 5.74) is 4.61. The van der Waals surface area contributed by atoms with Crippen molar-refractivity contribution in [2.24, 2.45) is 0 Å². The first-order chi connectivity index (χ1) is 15.4. The minimum Gasteiger partial charge on any atom is -0.474 e. The Bertz CT molecular complexity index is 1320. The molecule has 0 unspecified atom stereocenters. The molecule has 5 nitrogen and oxygen atoms in total. The van der Waals surface area contributed by atoms with Gasteiger partial charge in [-0.2, -0.15) is 0 Å². The van der Waals surface area contributed by atoms with Gasteiger partial charge in [-0.25, -0.2) is 4.79 Å². The van der Waals surface area contributed by atoms with E-state index in [4.69, 9.17) is 13.9 Å². The van der Waals surface area contributed by atoms with E-state index < -0.39 is 12.6 Å². The van der Waals surface area contributed by atoms with Crippen molar-refractivity contribution >= 4 is 16.9 Å². The molecule has 162 valence electrons. The molecule has 3 aromatic carbocycles. The summed E-state index contributed by atoms with van der Waals surface area (Å²) in [4.78, 5) is 25.7. The topological polar surface area (TPSA) is 65.7 Å². The summed E-state index contributed by atoms with van der Waals surface area (Å²) in [6, 6.07) is 20.7. The van der Waals surface area contributed by atoms with Crippen LogP contribution in [-0.2, 0) is 16.1 Å². The molecule has 0 radical (unpaired) electrons. The van der Waals surface area contributed by atoms with Gasteiger partial charge in [-0.15, -0.1) is 0 Å². The average molecular weight is 428 g/mol. The first kappa shape index (κ1) is 21.4. The molecule has 0 aliphatic heterocycles. The van der Waals surface area contributed by atoms with Crippen LogP contribution in [0.2, 0.25) is 0 Å². The van der Waals surface area contributed by atoms with Crippen molar-refractivity contribution in [3.8, 4) is 17.1 Å². The highest BCUT2D eigenvalue weighted by Crippen LogP contribution is 2.32. The van der Waals surface area contributed by atoms with Crippen molar-refractivity contribution in [2.45, 2.75) is 27.4 Å². The lowest BCUT2D eigenvalue weighted by atomic mass is 10.0. The zero-order valence-corrected chi connectivity index (χ0v) is 18.3. The van der Waals surface area contributed by atoms with E-state index in [-0.39, 0.29) is 17.8 Å². The van der Waals surface area contributed by atoms with E-state index in [1.54, 1.807) is 0 Å². The summed E-state index contributed by atoms with van der Waals surface area (Å²) in [7, 11) is 0. The molecule has 0 spiro atoms. The molecule has 4 rings (SSSR count). The summed E-state index contributed by atoms with van der Waals surface area (Å²) in [5.74, 6) is -0.267. The highest BCUT2D eigenvalue weighted by atomic mass is 16.6. The second-order valence-electron chi connectivity index (χ2n) is 7.85. The maximum Gasteiger partial charge on any atom is 0.344 e. The molecular weight excluding hydrogens is 404 g/mol. The van der Waals surface area contributed by atoms with Crippen molar-refractivity contribution in [1.82, 2.24) is 0 Å². The largest absolute Gasteiger partial charge is 0.474 e. The van der Waals surface area contributed by atoms with Gasteiger partial charge in [0.1, 0.15) is 12.2 Å². The highest BCUT2D eigenvalue weighted by molar-refractivity contribution is 5.85. The van der Waals surface area contributed by atoms with Crippen molar-refractivity contribution < 1.29 is 18.7 Å². The van der Waals surface area contributed by atoms with Gasteiger partial charge in [0.15, 0.2) is 12.4 Å². The van der Waals surface area contributed by atoms with Crippen LogP contribution in [0, 0.1) is 20.8 Å². The molecule has 0 N–H and O–H groups in total. The molecule has 0 atom stereocenters. The van der Waals surface area contributed by atoms with Gasteiger partial charge in [0.2, 0.25) is 11.2 Å². The number of aryl methyl sites for hydroxylation is 3. The molecule has 1 aromatic heterocycles. The number of benzene rings is 3. The fraction of sp³-hybridized carbons (Fsp3) is 0.185. The van der Waals surface area contributed by atoms with E-state index in [2.05, 4.69) is 0 Å². The van der Waals surface area contributed by atoms with Crippen molar-refractivity contribution in [3.05, 3.63) is 99.2 Å². The minimum atomic E-state index is -0.566. The molecule has 4 aromatic rings. The van der Waals surface area contributed by atoms with Gasteiger partial charge in [0.05, 0.1) is 5.39 Å². The lowest BCUT2D eigenvalue weighted by molar-refractivity contribution is -0.147. The molecule has 0 amide bonds. The van der Waals surface area contributed by atoms with Gasteiger partial charge >= 0.3 is 5.97 Å². The van der Waals surface area contributed by atoms with Gasteiger partial charge < -0.3 is 13.9 Å². The lowest BCUT2D eigenvalue weighted by Gasteiger charge is -2.13. The molecule has 32 heavy (non-hydrogen) atoms. The Morgan fingerprint density at radius 1 is 0.906 bits per heavy atom. The predicted molar refractivity (Wildman–Crippen MR) is 124 cm³/mol. The first-order valence-corrected chi connectivity index (χ1v) is 10.4. The number of hydrogen-bond acceptors (Lipinski definition) is 5. The Kier molecular flexibility index (Phi) is 6.08. The first-order valence-electron chi connectivity index (χ1n) is 10.4. The Labute approximate surface area is 186 Å². The number of carbonyl (C=O) groups is 1. The van der Waals surface area contributed by atoms with Gasteiger partial charge in [-0.1, -0.05) is 66.2 Å². The normalized spacial score (nSPS) is 10.8. The molecule has 1 heterocycles. The van der Waals surface area contributed by atoms with Gasteiger partial charge in [-0.05, 0) is 43.5 Å². The van der Waals surface area contributed by atoms with Crippen LogP contribution >= 0.6 is 0 Å². The second kappa shape index (κ2) is 9.10. The van der Waals surface area contributed by atoms with Crippen LogP contribution in [-0.4, -0.2) is 12.6 Å². The zero-order valence-electron chi connectivity index (χ0n) is 18.3. The summed E-state index contributed by atoms with van der Waals surface area (Å²) >= 11 is 0. The minimum absolute atomic E-state index is 0.00460. The highest BCUT2D eigenvalue weighted by Gasteiger charge is 2.20. The molecule has 0 saturated heterocycles. The van der Waals surface area contributed by atoms with Gasteiger partial charge in [0.25, 0.3) is 0 Å². The SMILES string of the molecule is Cc1ccc(-c2oc3cc(C)cc(C)c3c(=O)c2OCC(=O)OCc2ccccc2)cc1. The third kappa shape index (κ3) is 4.57. The summed E-state index contributed by atoms with van der Waals surface area (Å²) < 4.78 is 17.1. The van der Waals surface area contributed by atoms with Gasteiger partial charge in [0, 0.05) is 5.56 Å². The predicted octanol–water partition coefficient (Wildman–Crippen LogP) is 5.51. The van der Waals surface area contributed by atoms with Crippen LogP contribution in [0.15, 0.2) is 75.9 Å². The number of hydrogen-bond donors (Lipinski definition) is 0. The third-order valence-corrected chi connectivity index (χ3v) is 5.19. The maximum atomic E-state index is 13.4. The van der Waals surface area contributed by atoms with Crippen LogP contribution < -0.4 is 10.2 Å². The maximum absolute atomic E-state index is 13.4. The molecule has 0 aliphatic carbocycles. The monoisotopic (exact) mass is 428 g/mol. The molecule has 5 heteroatoms. The Balaban J connectivity index is 1.67. The molecule has 0 aliphatic rings. The molecular formula is C27H24O5. The fourth-order valence-corrected chi connectivity index (χ4v) is 3.61. The van der Waals surface area contributed by atoms with Crippen molar-refractivity contribution in [3.63, 3.8) is 0 Å². The second-order valence-corrected chi connectivity index (χ2v) is 7.85. The van der Waals surface area contributed by atoms with Crippen LogP contribution in [0.4, 0.5) is 0 Å². The van der Waals surface area contributed by atoms with E-state index in [9.17, 15) is 9.59 Å². The number of fused-ring (bicyclic) bond motifs is 1. The third-order valence-electron chi connectivity index (χ3n) is 5.19. The number of ether oxygens (including phenoxy) is 2. The number of esters is 1. The van der Waals surface area contributed by atoms with Crippen LogP contribution in [0.25, 0.3) is 22.3 Å². The van der Waals surface area contributed by atoms with Crippen LogP contribution in [0.1, 0.15) is 22.3 Å². The van der Waals surface area contributed by atoms with E-state index in [1.807, 2.05) is 87.5 Å².